The van der Waals surface area contributed by atoms with Gasteiger partial charge in [-0.3, -0.25) is 9.79 Å². The van der Waals surface area contributed by atoms with Gasteiger partial charge < -0.3 is 15.5 Å². The van der Waals surface area contributed by atoms with Crippen LogP contribution in [-0.2, 0) is 11.2 Å². The Morgan fingerprint density at radius 3 is 2.68 bits per heavy atom. The summed E-state index contributed by atoms with van der Waals surface area (Å²) in [5.41, 5.74) is 2.67. The molecule has 1 saturated carbocycles. The number of hydrogen-bond donors (Lipinski definition) is 2. The van der Waals surface area contributed by atoms with E-state index in [1.807, 2.05) is 0 Å². The number of amides is 1. The van der Waals surface area contributed by atoms with Gasteiger partial charge in [-0.1, -0.05) is 37.1 Å². The molecule has 0 spiro atoms. The van der Waals surface area contributed by atoms with Crippen LogP contribution in [0.1, 0.15) is 50.2 Å². The quantitative estimate of drug-likeness (QED) is 0.359. The van der Waals surface area contributed by atoms with Crippen LogP contribution < -0.4 is 10.6 Å². The number of halogens is 1. The zero-order chi connectivity index (χ0) is 19.1. The highest BCUT2D eigenvalue weighted by Crippen LogP contribution is 2.27. The van der Waals surface area contributed by atoms with Crippen LogP contribution in [0.25, 0.3) is 0 Å². The van der Waals surface area contributed by atoms with Gasteiger partial charge in [0.15, 0.2) is 5.96 Å². The molecule has 1 saturated heterocycles. The first-order valence-electron chi connectivity index (χ1n) is 10.6. The molecule has 2 aliphatic rings. The van der Waals surface area contributed by atoms with E-state index in [2.05, 4.69) is 53.6 Å². The smallest absolute Gasteiger partial charge is 0.225 e. The number of benzene rings is 1. The molecule has 0 aromatic heterocycles. The maximum atomic E-state index is 12.6. The van der Waals surface area contributed by atoms with E-state index in [9.17, 15) is 4.79 Å². The lowest BCUT2D eigenvalue weighted by Gasteiger charge is -2.21. The van der Waals surface area contributed by atoms with Gasteiger partial charge in [0.2, 0.25) is 5.91 Å². The van der Waals surface area contributed by atoms with E-state index in [1.54, 1.807) is 0 Å². The number of aliphatic imine (C=N–C) groups is 1. The number of guanidine groups is 1. The minimum atomic E-state index is 0. The summed E-state index contributed by atoms with van der Waals surface area (Å²) in [4.78, 5) is 19.4. The fraction of sp³-hybridized carbons (Fsp3) is 0.636. The summed E-state index contributed by atoms with van der Waals surface area (Å²) in [5, 5.41) is 6.88. The average Bonchev–Trinajstić information content (AvgIpc) is 3.35. The molecule has 0 radical (unpaired) electrons. The topological polar surface area (TPSA) is 56.7 Å². The van der Waals surface area contributed by atoms with Crippen molar-refractivity contribution in [3.05, 3.63) is 35.4 Å². The largest absolute Gasteiger partial charge is 0.357 e. The molecule has 5 nitrogen and oxygen atoms in total. The van der Waals surface area contributed by atoms with Gasteiger partial charge in [0.1, 0.15) is 0 Å². The van der Waals surface area contributed by atoms with Crippen molar-refractivity contribution in [2.45, 2.75) is 58.4 Å². The zero-order valence-electron chi connectivity index (χ0n) is 17.2. The second kappa shape index (κ2) is 11.6. The molecule has 1 aliphatic heterocycles. The van der Waals surface area contributed by atoms with E-state index in [1.165, 1.54) is 24.0 Å². The number of likely N-dealkylation sites (tertiary alicyclic amines) is 1. The molecule has 1 aliphatic carbocycles. The molecule has 1 heterocycles. The van der Waals surface area contributed by atoms with E-state index in [0.717, 1.165) is 57.8 Å². The first-order valence-corrected chi connectivity index (χ1v) is 10.6. The zero-order valence-corrected chi connectivity index (χ0v) is 19.6. The molecule has 1 amide bonds. The summed E-state index contributed by atoms with van der Waals surface area (Å²) in [5.74, 6) is 1.52. The lowest BCUT2D eigenvalue weighted by atomic mass is 10.1. The number of aryl methyl sites for hydroxylation is 1. The fourth-order valence-electron chi connectivity index (χ4n) is 4.20. The second-order valence-electron chi connectivity index (χ2n) is 7.83. The Morgan fingerprint density at radius 1 is 1.21 bits per heavy atom. The monoisotopic (exact) mass is 498 g/mol. The predicted molar refractivity (Wildman–Crippen MR) is 126 cm³/mol. The summed E-state index contributed by atoms with van der Waals surface area (Å²) in [6.45, 7) is 7.51. The minimum absolute atomic E-state index is 0. The Bertz CT molecular complexity index is 658. The summed E-state index contributed by atoms with van der Waals surface area (Å²) in [6.07, 6.45) is 6.53. The highest BCUT2D eigenvalue weighted by atomic mass is 127. The average molecular weight is 498 g/mol. The van der Waals surface area contributed by atoms with Gasteiger partial charge in [0.25, 0.3) is 0 Å². The lowest BCUT2D eigenvalue weighted by Crippen LogP contribution is -2.45. The summed E-state index contributed by atoms with van der Waals surface area (Å²) in [7, 11) is 0. The van der Waals surface area contributed by atoms with Crippen LogP contribution in [-0.4, -0.2) is 49.0 Å². The molecular formula is C22H35IN4O. The molecule has 1 aromatic rings. The van der Waals surface area contributed by atoms with Gasteiger partial charge >= 0.3 is 0 Å². The SMILES string of the molecule is CCNC(=NCCc1ccccc1C)NC1CCN(C(=O)C2CCCC2)C1.I. The number of rotatable bonds is 6. The van der Waals surface area contributed by atoms with Crippen LogP contribution in [0.15, 0.2) is 29.3 Å². The highest BCUT2D eigenvalue weighted by Gasteiger charge is 2.32. The summed E-state index contributed by atoms with van der Waals surface area (Å²) < 4.78 is 0. The molecule has 1 atom stereocenters. The first-order chi connectivity index (χ1) is 13.2. The van der Waals surface area contributed by atoms with Gasteiger partial charge in [-0.05, 0) is 50.7 Å². The molecule has 6 heteroatoms. The van der Waals surface area contributed by atoms with Crippen molar-refractivity contribution in [2.75, 3.05) is 26.2 Å². The molecule has 2 N–H and O–H groups in total. The van der Waals surface area contributed by atoms with Crippen LogP contribution in [0.5, 0.6) is 0 Å². The third-order valence-corrected chi connectivity index (χ3v) is 5.80. The van der Waals surface area contributed by atoms with Crippen molar-refractivity contribution in [2.24, 2.45) is 10.9 Å². The van der Waals surface area contributed by atoms with Crippen molar-refractivity contribution >= 4 is 35.8 Å². The van der Waals surface area contributed by atoms with Crippen molar-refractivity contribution in [3.8, 4) is 0 Å². The molecule has 2 fully saturated rings. The molecule has 28 heavy (non-hydrogen) atoms. The number of hydrogen-bond acceptors (Lipinski definition) is 2. The van der Waals surface area contributed by atoms with Crippen molar-refractivity contribution < 1.29 is 4.79 Å². The second-order valence-corrected chi connectivity index (χ2v) is 7.83. The lowest BCUT2D eigenvalue weighted by molar-refractivity contribution is -0.134. The third kappa shape index (κ3) is 6.36. The first kappa shape index (κ1) is 23.0. The van der Waals surface area contributed by atoms with Gasteiger partial charge in [-0.25, -0.2) is 0 Å². The van der Waals surface area contributed by atoms with Gasteiger partial charge in [0.05, 0.1) is 0 Å². The molecule has 1 aromatic carbocycles. The maximum absolute atomic E-state index is 12.6. The number of nitrogens with zero attached hydrogens (tertiary/aromatic N) is 2. The van der Waals surface area contributed by atoms with E-state index in [-0.39, 0.29) is 29.9 Å². The van der Waals surface area contributed by atoms with E-state index < -0.39 is 0 Å². The van der Waals surface area contributed by atoms with Crippen LogP contribution in [0.3, 0.4) is 0 Å². The molecule has 1 unspecified atom stereocenters. The van der Waals surface area contributed by atoms with E-state index in [0.29, 0.717) is 11.9 Å². The predicted octanol–water partition coefficient (Wildman–Crippen LogP) is 3.50. The Labute approximate surface area is 186 Å². The number of carbonyl (C=O) groups is 1. The molecular weight excluding hydrogens is 463 g/mol. The number of carbonyl (C=O) groups excluding carboxylic acids is 1. The molecule has 3 rings (SSSR count). The third-order valence-electron chi connectivity index (χ3n) is 5.80. The maximum Gasteiger partial charge on any atom is 0.225 e. The Balaban J connectivity index is 0.00000280. The fourth-order valence-corrected chi connectivity index (χ4v) is 4.20. The van der Waals surface area contributed by atoms with Crippen LogP contribution >= 0.6 is 24.0 Å². The van der Waals surface area contributed by atoms with Crippen molar-refractivity contribution in [1.82, 2.24) is 15.5 Å². The van der Waals surface area contributed by atoms with Crippen molar-refractivity contribution in [1.29, 1.82) is 0 Å². The van der Waals surface area contributed by atoms with Crippen LogP contribution in [0, 0.1) is 12.8 Å². The molecule has 156 valence electrons. The summed E-state index contributed by atoms with van der Waals surface area (Å²) in [6, 6.07) is 8.79. The van der Waals surface area contributed by atoms with Crippen LogP contribution in [0.2, 0.25) is 0 Å². The standard InChI is InChI=1S/C22H34N4O.HI/c1-3-23-22(24-14-12-18-9-5-4-8-17(18)2)25-20-13-15-26(16-20)21(27)19-10-6-7-11-19;/h4-5,8-9,19-20H,3,6-7,10-16H2,1-2H3,(H2,23,24,25);1H. The van der Waals surface area contributed by atoms with Gasteiger partial charge in [-0.2, -0.15) is 0 Å². The minimum Gasteiger partial charge on any atom is -0.357 e. The Hall–Kier alpha value is -1.31. The Kier molecular flexibility index (Phi) is 9.55. The normalized spacial score (nSPS) is 20.1. The van der Waals surface area contributed by atoms with E-state index >= 15 is 0 Å². The van der Waals surface area contributed by atoms with E-state index in [4.69, 9.17) is 4.99 Å². The molecule has 0 bridgehead atoms. The van der Waals surface area contributed by atoms with Crippen LogP contribution in [0.4, 0.5) is 0 Å². The Morgan fingerprint density at radius 2 is 1.96 bits per heavy atom. The van der Waals surface area contributed by atoms with Gasteiger partial charge in [0, 0.05) is 38.1 Å². The van der Waals surface area contributed by atoms with Gasteiger partial charge in [-0.15, -0.1) is 24.0 Å². The van der Waals surface area contributed by atoms with Crippen molar-refractivity contribution in [3.63, 3.8) is 0 Å². The summed E-state index contributed by atoms with van der Waals surface area (Å²) >= 11 is 0. The highest BCUT2D eigenvalue weighted by molar-refractivity contribution is 14.0. The number of nitrogens with one attached hydrogen (secondary N) is 2.